The van der Waals surface area contributed by atoms with Gasteiger partial charge in [0, 0.05) is 0 Å². The Balaban J connectivity index is 2.05. The van der Waals surface area contributed by atoms with E-state index >= 15 is 0 Å². The molecule has 2 amide bonds. The largest absolute Gasteiger partial charge is 0.497 e. The number of ether oxygens (including phenoxy) is 2. The van der Waals surface area contributed by atoms with Crippen LogP contribution in [0.15, 0.2) is 48.5 Å². The van der Waals surface area contributed by atoms with Gasteiger partial charge in [-0.25, -0.2) is 4.39 Å². The Morgan fingerprint density at radius 2 is 1.86 bits per heavy atom. The summed E-state index contributed by atoms with van der Waals surface area (Å²) >= 11 is 0. The molecule has 0 radical (unpaired) electrons. The Morgan fingerprint density at radius 1 is 1.10 bits per heavy atom. The Labute approximate surface area is 168 Å². The molecule has 0 aromatic heterocycles. The van der Waals surface area contributed by atoms with E-state index < -0.39 is 29.6 Å². The SMILES string of the molecule is CCOC(=O)C[C@H](NC(=O)CNC(=O)c1ccccc1F)c1cccc(OC)c1. The van der Waals surface area contributed by atoms with E-state index in [4.69, 9.17) is 9.47 Å². The van der Waals surface area contributed by atoms with Gasteiger partial charge < -0.3 is 20.1 Å². The van der Waals surface area contributed by atoms with E-state index in [1.165, 1.54) is 25.3 Å². The highest BCUT2D eigenvalue weighted by Gasteiger charge is 2.20. The fraction of sp³-hybridized carbons (Fsp3) is 0.286. The second kappa shape index (κ2) is 10.8. The maximum absolute atomic E-state index is 13.7. The van der Waals surface area contributed by atoms with E-state index in [-0.39, 0.29) is 25.1 Å². The molecule has 1 atom stereocenters. The van der Waals surface area contributed by atoms with Crippen LogP contribution >= 0.6 is 0 Å². The van der Waals surface area contributed by atoms with Crippen LogP contribution < -0.4 is 15.4 Å². The summed E-state index contributed by atoms with van der Waals surface area (Å²) in [5.74, 6) is -1.83. The summed E-state index contributed by atoms with van der Waals surface area (Å²) in [4.78, 5) is 36.3. The maximum atomic E-state index is 13.7. The summed E-state index contributed by atoms with van der Waals surface area (Å²) in [7, 11) is 1.51. The normalized spacial score (nSPS) is 11.3. The van der Waals surface area contributed by atoms with Crippen LogP contribution in [0.5, 0.6) is 5.75 Å². The molecule has 0 fully saturated rings. The second-order valence-electron chi connectivity index (χ2n) is 6.07. The number of rotatable bonds is 9. The number of esters is 1. The van der Waals surface area contributed by atoms with Crippen LogP contribution in [0.4, 0.5) is 4.39 Å². The zero-order valence-corrected chi connectivity index (χ0v) is 16.2. The van der Waals surface area contributed by atoms with Crippen molar-refractivity contribution >= 4 is 17.8 Å². The summed E-state index contributed by atoms with van der Waals surface area (Å²) in [6.07, 6.45) is -0.0893. The minimum absolute atomic E-state index is 0.0893. The molecule has 0 aliphatic carbocycles. The van der Waals surface area contributed by atoms with Crippen molar-refractivity contribution in [1.29, 1.82) is 0 Å². The van der Waals surface area contributed by atoms with E-state index in [0.29, 0.717) is 11.3 Å². The molecule has 0 saturated carbocycles. The van der Waals surface area contributed by atoms with Gasteiger partial charge in [0.1, 0.15) is 11.6 Å². The van der Waals surface area contributed by atoms with Crippen molar-refractivity contribution < 1.29 is 28.2 Å². The van der Waals surface area contributed by atoms with Crippen LogP contribution in [0, 0.1) is 5.82 Å². The number of hydrogen-bond donors (Lipinski definition) is 2. The molecule has 2 N–H and O–H groups in total. The lowest BCUT2D eigenvalue weighted by Gasteiger charge is -2.19. The fourth-order valence-electron chi connectivity index (χ4n) is 2.64. The van der Waals surface area contributed by atoms with E-state index in [1.54, 1.807) is 31.2 Å². The van der Waals surface area contributed by atoms with Crippen molar-refractivity contribution in [3.8, 4) is 5.75 Å². The molecule has 2 rings (SSSR count). The first kappa shape index (κ1) is 21.9. The molecule has 154 valence electrons. The van der Waals surface area contributed by atoms with Crippen molar-refractivity contribution in [2.75, 3.05) is 20.3 Å². The molecule has 7 nitrogen and oxygen atoms in total. The highest BCUT2D eigenvalue weighted by molar-refractivity contribution is 5.96. The number of carbonyl (C=O) groups is 3. The number of nitrogens with one attached hydrogen (secondary N) is 2. The van der Waals surface area contributed by atoms with E-state index in [2.05, 4.69) is 10.6 Å². The minimum atomic E-state index is -0.707. The lowest BCUT2D eigenvalue weighted by Crippen LogP contribution is -2.39. The van der Waals surface area contributed by atoms with Gasteiger partial charge in [-0.3, -0.25) is 14.4 Å². The molecule has 2 aromatic carbocycles. The third-order valence-corrected chi connectivity index (χ3v) is 4.04. The Kier molecular flexibility index (Phi) is 8.14. The number of hydrogen-bond acceptors (Lipinski definition) is 5. The average Bonchev–Trinajstić information content (AvgIpc) is 2.72. The van der Waals surface area contributed by atoms with Crippen molar-refractivity contribution in [2.24, 2.45) is 0 Å². The molecule has 0 aliphatic heterocycles. The Bertz CT molecular complexity index is 872. The van der Waals surface area contributed by atoms with Gasteiger partial charge in [-0.1, -0.05) is 24.3 Å². The Morgan fingerprint density at radius 3 is 2.55 bits per heavy atom. The summed E-state index contributed by atoms with van der Waals surface area (Å²) in [5.41, 5.74) is 0.488. The summed E-state index contributed by atoms with van der Waals surface area (Å²) in [6, 6.07) is 11.7. The van der Waals surface area contributed by atoms with Gasteiger partial charge in [0.15, 0.2) is 0 Å². The molecule has 0 bridgehead atoms. The van der Waals surface area contributed by atoms with Gasteiger partial charge in [-0.05, 0) is 36.8 Å². The molecule has 0 heterocycles. The first-order valence-corrected chi connectivity index (χ1v) is 9.06. The molecule has 0 spiro atoms. The first-order valence-electron chi connectivity index (χ1n) is 9.06. The van der Waals surface area contributed by atoms with Crippen LogP contribution in [0.1, 0.15) is 35.3 Å². The summed E-state index contributed by atoms with van der Waals surface area (Å²) < 4.78 is 23.8. The second-order valence-corrected chi connectivity index (χ2v) is 6.07. The monoisotopic (exact) mass is 402 g/mol. The van der Waals surface area contributed by atoms with Gasteiger partial charge in [0.25, 0.3) is 5.91 Å². The van der Waals surface area contributed by atoms with E-state index in [0.717, 1.165) is 6.07 Å². The van der Waals surface area contributed by atoms with Crippen LogP contribution in [-0.4, -0.2) is 38.0 Å². The number of halogens is 1. The highest BCUT2D eigenvalue weighted by Crippen LogP contribution is 2.22. The molecule has 8 heteroatoms. The molecule has 0 unspecified atom stereocenters. The molecule has 2 aromatic rings. The predicted molar refractivity (Wildman–Crippen MR) is 104 cm³/mol. The van der Waals surface area contributed by atoms with Crippen molar-refractivity contribution in [3.63, 3.8) is 0 Å². The number of benzene rings is 2. The molecule has 0 aliphatic rings. The van der Waals surface area contributed by atoms with Gasteiger partial charge in [0.05, 0.1) is 38.3 Å². The number of methoxy groups -OCH3 is 1. The number of amides is 2. The average molecular weight is 402 g/mol. The number of carbonyl (C=O) groups excluding carboxylic acids is 3. The van der Waals surface area contributed by atoms with Crippen molar-refractivity contribution in [2.45, 2.75) is 19.4 Å². The molecular weight excluding hydrogens is 379 g/mol. The third-order valence-electron chi connectivity index (χ3n) is 4.04. The standard InChI is InChI=1S/C21H23FN2O5/c1-3-29-20(26)12-18(14-7-6-8-15(11-14)28-2)24-19(25)13-23-21(27)16-9-4-5-10-17(16)22/h4-11,18H,3,12-13H2,1-2H3,(H,23,27)(H,24,25)/t18-/m0/s1. The van der Waals surface area contributed by atoms with Crippen molar-refractivity contribution in [3.05, 3.63) is 65.5 Å². The summed E-state index contributed by atoms with van der Waals surface area (Å²) in [6.45, 7) is 1.53. The predicted octanol–water partition coefficient (Wildman–Crippen LogP) is 2.37. The molecular formula is C21H23FN2O5. The zero-order valence-electron chi connectivity index (χ0n) is 16.2. The van der Waals surface area contributed by atoms with Gasteiger partial charge >= 0.3 is 5.97 Å². The minimum Gasteiger partial charge on any atom is -0.497 e. The Hall–Kier alpha value is -3.42. The topological polar surface area (TPSA) is 93.7 Å². The van der Waals surface area contributed by atoms with E-state index in [9.17, 15) is 18.8 Å². The lowest BCUT2D eigenvalue weighted by molar-refractivity contribution is -0.143. The third kappa shape index (κ3) is 6.60. The van der Waals surface area contributed by atoms with E-state index in [1.807, 2.05) is 0 Å². The van der Waals surface area contributed by atoms with Crippen LogP contribution in [0.25, 0.3) is 0 Å². The smallest absolute Gasteiger partial charge is 0.308 e. The zero-order chi connectivity index (χ0) is 21.2. The first-order chi connectivity index (χ1) is 13.9. The van der Waals surface area contributed by atoms with Crippen molar-refractivity contribution in [1.82, 2.24) is 10.6 Å². The van der Waals surface area contributed by atoms with Gasteiger partial charge in [-0.15, -0.1) is 0 Å². The van der Waals surface area contributed by atoms with Crippen LogP contribution in [0.3, 0.4) is 0 Å². The summed E-state index contributed by atoms with van der Waals surface area (Å²) in [5, 5.41) is 5.06. The van der Waals surface area contributed by atoms with Gasteiger partial charge in [-0.2, -0.15) is 0 Å². The quantitative estimate of drug-likeness (QED) is 0.628. The van der Waals surface area contributed by atoms with Crippen LogP contribution in [-0.2, 0) is 14.3 Å². The maximum Gasteiger partial charge on any atom is 0.308 e. The van der Waals surface area contributed by atoms with Gasteiger partial charge in [0.2, 0.25) is 5.91 Å². The van der Waals surface area contributed by atoms with Crippen LogP contribution in [0.2, 0.25) is 0 Å². The molecule has 29 heavy (non-hydrogen) atoms. The highest BCUT2D eigenvalue weighted by atomic mass is 19.1. The fourth-order valence-corrected chi connectivity index (χ4v) is 2.64. The lowest BCUT2D eigenvalue weighted by atomic mass is 10.0. The molecule has 0 saturated heterocycles.